The van der Waals surface area contributed by atoms with Crippen LogP contribution in [-0.4, -0.2) is 22.4 Å². The van der Waals surface area contributed by atoms with Gasteiger partial charge in [-0.05, 0) is 61.6 Å². The number of urea groups is 1. The summed E-state index contributed by atoms with van der Waals surface area (Å²) in [5.41, 5.74) is 3.03. The van der Waals surface area contributed by atoms with Crippen molar-refractivity contribution in [3.05, 3.63) is 58.9 Å². The van der Waals surface area contributed by atoms with Crippen LogP contribution in [0.2, 0.25) is 0 Å². The molecule has 0 atom stereocenters. The highest BCUT2D eigenvalue weighted by Gasteiger charge is 2.37. The first-order chi connectivity index (χ1) is 14.0. The Morgan fingerprint density at radius 2 is 1.79 bits per heavy atom. The van der Waals surface area contributed by atoms with E-state index in [1.54, 1.807) is 18.2 Å². The maximum atomic E-state index is 13.1. The summed E-state index contributed by atoms with van der Waals surface area (Å²) >= 11 is 0. The number of hydrogen-bond acceptors (Lipinski definition) is 3. The fraction of sp³-hybridized carbons (Fsp3) is 0.348. The lowest BCUT2D eigenvalue weighted by molar-refractivity contribution is -0.122. The van der Waals surface area contributed by atoms with Crippen LogP contribution in [0.25, 0.3) is 6.08 Å². The topological polar surface area (TPSA) is 71.4 Å². The Morgan fingerprint density at radius 3 is 2.55 bits per heavy atom. The number of nitrogens with zero attached hydrogens (tertiary/aromatic N) is 2. The molecular weight excluding hydrogens is 366 g/mol. The fourth-order valence-electron chi connectivity index (χ4n) is 4.14. The van der Waals surface area contributed by atoms with Crippen LogP contribution in [-0.2, 0) is 9.59 Å². The van der Waals surface area contributed by atoms with Gasteiger partial charge in [-0.2, -0.15) is 0 Å². The molecule has 2 heterocycles. The summed E-state index contributed by atoms with van der Waals surface area (Å²) in [5.74, 6) is -1.26. The van der Waals surface area contributed by atoms with E-state index < -0.39 is 17.8 Å². The molecule has 1 aliphatic carbocycles. The largest absolute Gasteiger partial charge is 0.351 e. The third-order valence-electron chi connectivity index (χ3n) is 5.96. The van der Waals surface area contributed by atoms with Gasteiger partial charge in [-0.25, -0.2) is 9.69 Å². The number of benzene rings is 1. The zero-order valence-corrected chi connectivity index (χ0v) is 16.8. The third-order valence-corrected chi connectivity index (χ3v) is 5.96. The van der Waals surface area contributed by atoms with E-state index in [0.29, 0.717) is 11.7 Å². The molecule has 150 valence electrons. The van der Waals surface area contributed by atoms with Gasteiger partial charge >= 0.3 is 6.03 Å². The van der Waals surface area contributed by atoms with Gasteiger partial charge in [0.15, 0.2) is 0 Å². The second-order valence-corrected chi connectivity index (χ2v) is 7.86. The fourth-order valence-corrected chi connectivity index (χ4v) is 4.14. The molecular formula is C23H25N3O3. The molecule has 0 unspecified atom stereocenters. The first kappa shape index (κ1) is 19.2. The summed E-state index contributed by atoms with van der Waals surface area (Å²) in [6.07, 6.45) is 11.6. The van der Waals surface area contributed by atoms with Crippen LogP contribution < -0.4 is 10.2 Å². The Kier molecular flexibility index (Phi) is 5.09. The Balaban J connectivity index is 1.65. The minimum absolute atomic E-state index is 0.0353. The van der Waals surface area contributed by atoms with E-state index in [1.165, 1.54) is 19.3 Å². The molecule has 4 amide bonds. The van der Waals surface area contributed by atoms with E-state index in [0.717, 1.165) is 34.4 Å². The van der Waals surface area contributed by atoms with Crippen LogP contribution in [0.4, 0.5) is 10.5 Å². The Morgan fingerprint density at radius 1 is 1.03 bits per heavy atom. The Bertz CT molecular complexity index is 1010. The SMILES string of the molecule is Cc1cccc(N2C(=O)NC(=O)/C(=C/c3ccn(C4CCCCC4)c3)C2=O)c1C. The maximum Gasteiger partial charge on any atom is 0.335 e. The second-order valence-electron chi connectivity index (χ2n) is 7.86. The molecule has 0 radical (unpaired) electrons. The highest BCUT2D eigenvalue weighted by Crippen LogP contribution is 2.30. The smallest absolute Gasteiger partial charge is 0.335 e. The zero-order chi connectivity index (χ0) is 20.5. The predicted octanol–water partition coefficient (Wildman–Crippen LogP) is 4.28. The molecule has 1 N–H and O–H groups in total. The van der Waals surface area contributed by atoms with Crippen molar-refractivity contribution in [2.24, 2.45) is 0 Å². The molecule has 29 heavy (non-hydrogen) atoms. The van der Waals surface area contributed by atoms with Gasteiger partial charge in [-0.15, -0.1) is 0 Å². The van der Waals surface area contributed by atoms with Gasteiger partial charge in [0.05, 0.1) is 5.69 Å². The second kappa shape index (κ2) is 7.70. The molecule has 2 aliphatic rings. The number of hydrogen-bond donors (Lipinski definition) is 1. The summed E-state index contributed by atoms with van der Waals surface area (Å²) in [7, 11) is 0. The van der Waals surface area contributed by atoms with Crippen molar-refractivity contribution in [3.63, 3.8) is 0 Å². The molecule has 1 saturated carbocycles. The average molecular weight is 391 g/mol. The van der Waals surface area contributed by atoms with Gasteiger partial charge in [0, 0.05) is 18.4 Å². The van der Waals surface area contributed by atoms with Crippen molar-refractivity contribution in [2.75, 3.05) is 4.90 Å². The van der Waals surface area contributed by atoms with Crippen LogP contribution in [0.15, 0.2) is 42.2 Å². The molecule has 6 heteroatoms. The standard InChI is InChI=1S/C23H25N3O3/c1-15-7-6-10-20(16(15)2)26-22(28)19(21(27)24-23(26)29)13-17-11-12-25(14-17)18-8-4-3-5-9-18/h6-7,10-14,18H,3-5,8-9H2,1-2H3,(H,24,27,29)/b19-13-. The monoisotopic (exact) mass is 391 g/mol. The lowest BCUT2D eigenvalue weighted by Crippen LogP contribution is -2.54. The maximum absolute atomic E-state index is 13.1. The summed E-state index contributed by atoms with van der Waals surface area (Å²) in [4.78, 5) is 39.0. The molecule has 2 fully saturated rings. The number of aryl methyl sites for hydroxylation is 1. The van der Waals surface area contributed by atoms with Crippen molar-refractivity contribution in [2.45, 2.75) is 52.0 Å². The first-order valence-corrected chi connectivity index (χ1v) is 10.1. The van der Waals surface area contributed by atoms with Crippen LogP contribution in [0, 0.1) is 13.8 Å². The van der Waals surface area contributed by atoms with Crippen molar-refractivity contribution in [1.29, 1.82) is 0 Å². The molecule has 1 aliphatic heterocycles. The molecule has 6 nitrogen and oxygen atoms in total. The molecule has 1 saturated heterocycles. The van der Waals surface area contributed by atoms with Crippen molar-refractivity contribution >= 4 is 29.6 Å². The number of nitrogens with one attached hydrogen (secondary N) is 1. The number of amides is 4. The predicted molar refractivity (Wildman–Crippen MR) is 111 cm³/mol. The quantitative estimate of drug-likeness (QED) is 0.627. The minimum atomic E-state index is -0.717. The van der Waals surface area contributed by atoms with Gasteiger partial charge in [0.2, 0.25) is 0 Å². The number of rotatable bonds is 3. The van der Waals surface area contributed by atoms with E-state index in [9.17, 15) is 14.4 Å². The summed E-state index contributed by atoms with van der Waals surface area (Å²) < 4.78 is 2.17. The normalized spacial score (nSPS) is 19.7. The van der Waals surface area contributed by atoms with Gasteiger partial charge in [-0.1, -0.05) is 31.4 Å². The van der Waals surface area contributed by atoms with Crippen LogP contribution >= 0.6 is 0 Å². The van der Waals surface area contributed by atoms with Crippen molar-refractivity contribution in [3.8, 4) is 0 Å². The van der Waals surface area contributed by atoms with Crippen LogP contribution in [0.5, 0.6) is 0 Å². The number of carbonyl (C=O) groups excluding carboxylic acids is 3. The Hall–Kier alpha value is -3.15. The molecule has 2 aromatic rings. The summed E-state index contributed by atoms with van der Waals surface area (Å²) in [6, 6.07) is 7.09. The molecule has 4 rings (SSSR count). The van der Waals surface area contributed by atoms with Gasteiger partial charge in [-0.3, -0.25) is 14.9 Å². The molecule has 0 bridgehead atoms. The van der Waals surface area contributed by atoms with E-state index in [4.69, 9.17) is 0 Å². The van der Waals surface area contributed by atoms with E-state index in [1.807, 2.05) is 38.4 Å². The molecule has 0 spiro atoms. The van der Waals surface area contributed by atoms with E-state index in [2.05, 4.69) is 9.88 Å². The van der Waals surface area contributed by atoms with E-state index >= 15 is 0 Å². The summed E-state index contributed by atoms with van der Waals surface area (Å²) in [5, 5.41) is 2.30. The number of anilines is 1. The van der Waals surface area contributed by atoms with Crippen molar-refractivity contribution in [1.82, 2.24) is 9.88 Å². The molecule has 1 aromatic carbocycles. The van der Waals surface area contributed by atoms with E-state index in [-0.39, 0.29) is 5.57 Å². The van der Waals surface area contributed by atoms with Gasteiger partial charge in [0.25, 0.3) is 11.8 Å². The molecule has 1 aromatic heterocycles. The van der Waals surface area contributed by atoms with Crippen LogP contribution in [0.3, 0.4) is 0 Å². The third kappa shape index (κ3) is 3.62. The highest BCUT2D eigenvalue weighted by atomic mass is 16.2. The van der Waals surface area contributed by atoms with Crippen LogP contribution in [0.1, 0.15) is 54.8 Å². The number of imide groups is 2. The highest BCUT2D eigenvalue weighted by molar-refractivity contribution is 6.39. The average Bonchev–Trinajstić information content (AvgIpc) is 3.18. The first-order valence-electron chi connectivity index (χ1n) is 10.1. The number of aromatic nitrogens is 1. The lowest BCUT2D eigenvalue weighted by Gasteiger charge is -2.28. The van der Waals surface area contributed by atoms with Gasteiger partial charge in [0.1, 0.15) is 5.57 Å². The minimum Gasteiger partial charge on any atom is -0.351 e. The van der Waals surface area contributed by atoms with Crippen molar-refractivity contribution < 1.29 is 14.4 Å². The number of barbiturate groups is 1. The van der Waals surface area contributed by atoms with Gasteiger partial charge < -0.3 is 4.57 Å². The number of carbonyl (C=O) groups is 3. The summed E-state index contributed by atoms with van der Waals surface area (Å²) in [6.45, 7) is 3.77. The Labute approximate surface area is 170 Å². The lowest BCUT2D eigenvalue weighted by atomic mass is 9.95. The zero-order valence-electron chi connectivity index (χ0n) is 16.8.